The Hall–Kier alpha value is -3.02. The van der Waals surface area contributed by atoms with Crippen molar-refractivity contribution in [2.45, 2.75) is 20.0 Å². The normalized spacial score (nSPS) is 12.2. The number of amides is 1. The monoisotopic (exact) mass is 339 g/mol. The summed E-state index contributed by atoms with van der Waals surface area (Å²) in [6, 6.07) is 13.0. The van der Waals surface area contributed by atoms with Gasteiger partial charge in [-0.25, -0.2) is 4.79 Å². The van der Waals surface area contributed by atoms with Gasteiger partial charge in [0.05, 0.1) is 11.0 Å². The van der Waals surface area contributed by atoms with Gasteiger partial charge in [0.25, 0.3) is 5.91 Å². The van der Waals surface area contributed by atoms with Gasteiger partial charge in [-0.3, -0.25) is 13.9 Å². The molecule has 3 aromatic rings. The number of anilines is 1. The molecule has 0 bridgehead atoms. The molecule has 0 saturated heterocycles. The zero-order valence-corrected chi connectivity index (χ0v) is 14.7. The van der Waals surface area contributed by atoms with Gasteiger partial charge in [-0.05, 0) is 43.7 Å². The maximum Gasteiger partial charge on any atom is 0.328 e. The van der Waals surface area contributed by atoms with E-state index < -0.39 is 6.10 Å². The van der Waals surface area contributed by atoms with Crippen LogP contribution in [0.3, 0.4) is 0 Å². The van der Waals surface area contributed by atoms with Gasteiger partial charge in [0.1, 0.15) is 5.75 Å². The minimum Gasteiger partial charge on any atom is -0.481 e. The Balaban J connectivity index is 1.78. The van der Waals surface area contributed by atoms with E-state index in [0.717, 1.165) is 16.6 Å². The second-order valence-electron chi connectivity index (χ2n) is 6.12. The first-order valence-electron chi connectivity index (χ1n) is 8.07. The highest BCUT2D eigenvalue weighted by Gasteiger charge is 2.16. The molecule has 0 spiro atoms. The molecule has 2 aromatic carbocycles. The van der Waals surface area contributed by atoms with Crippen LogP contribution in [-0.2, 0) is 18.9 Å². The standard InChI is InChI=1S/C19H21N3O3/c1-12-7-5-6-8-17(12)25-13(2)18(23)20-14-9-10-15-16(11-14)22(4)19(24)21(15)3/h5-11,13H,1-4H3,(H,20,23)/t13-/m0/s1. The molecule has 1 atom stereocenters. The van der Waals surface area contributed by atoms with Crippen LogP contribution in [0.15, 0.2) is 47.3 Å². The number of carbonyl (C=O) groups excluding carboxylic acids is 1. The van der Waals surface area contributed by atoms with Gasteiger partial charge in [0.15, 0.2) is 6.10 Å². The molecule has 0 aliphatic rings. The first-order chi connectivity index (χ1) is 11.9. The largest absolute Gasteiger partial charge is 0.481 e. The van der Waals surface area contributed by atoms with E-state index in [-0.39, 0.29) is 11.6 Å². The number of hydrogen-bond acceptors (Lipinski definition) is 3. The second kappa shape index (κ2) is 6.47. The lowest BCUT2D eigenvalue weighted by Gasteiger charge is -2.16. The number of hydrogen-bond donors (Lipinski definition) is 1. The highest BCUT2D eigenvalue weighted by Crippen LogP contribution is 2.20. The Bertz CT molecular complexity index is 1000. The molecule has 0 aliphatic heterocycles. The van der Waals surface area contributed by atoms with Crippen molar-refractivity contribution in [2.24, 2.45) is 14.1 Å². The number of aromatic nitrogens is 2. The third kappa shape index (κ3) is 3.15. The molecule has 130 valence electrons. The van der Waals surface area contributed by atoms with Crippen molar-refractivity contribution in [3.63, 3.8) is 0 Å². The summed E-state index contributed by atoms with van der Waals surface area (Å²) in [6.07, 6.45) is -0.642. The Morgan fingerprint density at radius 3 is 2.48 bits per heavy atom. The average molecular weight is 339 g/mol. The number of nitrogens with one attached hydrogen (secondary N) is 1. The molecule has 0 unspecified atom stereocenters. The van der Waals surface area contributed by atoms with Crippen molar-refractivity contribution in [3.8, 4) is 5.75 Å². The predicted octanol–water partition coefficient (Wildman–Crippen LogP) is 2.59. The van der Waals surface area contributed by atoms with E-state index in [4.69, 9.17) is 4.74 Å². The van der Waals surface area contributed by atoms with E-state index in [1.807, 2.05) is 37.3 Å². The fraction of sp³-hybridized carbons (Fsp3) is 0.263. The molecule has 3 rings (SSSR count). The number of benzene rings is 2. The van der Waals surface area contributed by atoms with Gasteiger partial charge in [-0.15, -0.1) is 0 Å². The summed E-state index contributed by atoms with van der Waals surface area (Å²) in [7, 11) is 3.43. The van der Waals surface area contributed by atoms with Crippen LogP contribution >= 0.6 is 0 Å². The molecule has 1 heterocycles. The van der Waals surface area contributed by atoms with Gasteiger partial charge in [-0.2, -0.15) is 0 Å². The number of rotatable bonds is 4. The van der Waals surface area contributed by atoms with Gasteiger partial charge in [-0.1, -0.05) is 18.2 Å². The predicted molar refractivity (Wildman–Crippen MR) is 98.1 cm³/mol. The Kier molecular flexibility index (Phi) is 4.35. The van der Waals surface area contributed by atoms with Crippen LogP contribution in [0.2, 0.25) is 0 Å². The SMILES string of the molecule is Cc1ccccc1O[C@@H](C)C(=O)Nc1ccc2c(c1)n(C)c(=O)n2C. The molecule has 0 fully saturated rings. The molecule has 1 amide bonds. The molecule has 0 saturated carbocycles. The van der Waals surface area contributed by atoms with Crippen LogP contribution in [-0.4, -0.2) is 21.1 Å². The maximum atomic E-state index is 12.4. The smallest absolute Gasteiger partial charge is 0.328 e. The summed E-state index contributed by atoms with van der Waals surface area (Å²) < 4.78 is 8.87. The molecular formula is C19H21N3O3. The molecule has 0 aliphatic carbocycles. The highest BCUT2D eigenvalue weighted by atomic mass is 16.5. The lowest BCUT2D eigenvalue weighted by molar-refractivity contribution is -0.122. The fourth-order valence-corrected chi connectivity index (χ4v) is 2.76. The molecule has 6 heteroatoms. The summed E-state index contributed by atoms with van der Waals surface area (Å²) in [5, 5.41) is 2.84. The summed E-state index contributed by atoms with van der Waals surface area (Å²) in [6.45, 7) is 3.64. The zero-order chi connectivity index (χ0) is 18.1. The van der Waals surface area contributed by atoms with Gasteiger partial charge >= 0.3 is 5.69 Å². The van der Waals surface area contributed by atoms with E-state index in [9.17, 15) is 9.59 Å². The minimum atomic E-state index is -0.642. The summed E-state index contributed by atoms with van der Waals surface area (Å²) in [5.74, 6) is 0.439. The zero-order valence-electron chi connectivity index (χ0n) is 14.7. The van der Waals surface area contributed by atoms with Gasteiger partial charge in [0.2, 0.25) is 0 Å². The van der Waals surface area contributed by atoms with Crippen molar-refractivity contribution in [3.05, 3.63) is 58.5 Å². The number of aryl methyl sites for hydroxylation is 3. The van der Waals surface area contributed by atoms with Gasteiger partial charge < -0.3 is 10.1 Å². The number of para-hydroxylation sites is 1. The van der Waals surface area contributed by atoms with E-state index >= 15 is 0 Å². The van der Waals surface area contributed by atoms with E-state index in [1.165, 1.54) is 0 Å². The number of nitrogens with zero attached hydrogens (tertiary/aromatic N) is 2. The maximum absolute atomic E-state index is 12.4. The van der Waals surface area contributed by atoms with E-state index in [2.05, 4.69) is 5.32 Å². The number of carbonyl (C=O) groups is 1. The highest BCUT2D eigenvalue weighted by molar-refractivity contribution is 5.95. The van der Waals surface area contributed by atoms with Crippen molar-refractivity contribution < 1.29 is 9.53 Å². The van der Waals surface area contributed by atoms with Crippen molar-refractivity contribution in [1.29, 1.82) is 0 Å². The number of imidazole rings is 1. The number of ether oxygens (including phenoxy) is 1. The second-order valence-corrected chi connectivity index (χ2v) is 6.12. The molecule has 6 nitrogen and oxygen atoms in total. The summed E-state index contributed by atoms with van der Waals surface area (Å²) >= 11 is 0. The third-order valence-corrected chi connectivity index (χ3v) is 4.31. The topological polar surface area (TPSA) is 65.3 Å². The minimum absolute atomic E-state index is 0.102. The van der Waals surface area contributed by atoms with Crippen LogP contribution < -0.4 is 15.7 Å². The Morgan fingerprint density at radius 2 is 1.76 bits per heavy atom. The fourth-order valence-electron chi connectivity index (χ4n) is 2.76. The van der Waals surface area contributed by atoms with E-state index in [1.54, 1.807) is 42.3 Å². The summed E-state index contributed by atoms with van der Waals surface area (Å²) in [4.78, 5) is 24.4. The third-order valence-electron chi connectivity index (χ3n) is 4.31. The number of fused-ring (bicyclic) bond motifs is 1. The molecule has 1 N–H and O–H groups in total. The van der Waals surface area contributed by atoms with Crippen LogP contribution in [0.1, 0.15) is 12.5 Å². The van der Waals surface area contributed by atoms with Crippen molar-refractivity contribution in [2.75, 3.05) is 5.32 Å². The Labute approximate surface area is 145 Å². The quantitative estimate of drug-likeness (QED) is 0.794. The van der Waals surface area contributed by atoms with Crippen LogP contribution in [0.25, 0.3) is 11.0 Å². The van der Waals surface area contributed by atoms with Crippen LogP contribution in [0.4, 0.5) is 5.69 Å². The van der Waals surface area contributed by atoms with Crippen LogP contribution in [0.5, 0.6) is 5.75 Å². The van der Waals surface area contributed by atoms with Crippen molar-refractivity contribution >= 4 is 22.6 Å². The first-order valence-corrected chi connectivity index (χ1v) is 8.07. The van der Waals surface area contributed by atoms with E-state index in [0.29, 0.717) is 11.4 Å². The van der Waals surface area contributed by atoms with Crippen molar-refractivity contribution in [1.82, 2.24) is 9.13 Å². The lowest BCUT2D eigenvalue weighted by Crippen LogP contribution is -2.30. The Morgan fingerprint density at radius 1 is 1.08 bits per heavy atom. The average Bonchev–Trinajstić information content (AvgIpc) is 2.81. The molecule has 0 radical (unpaired) electrons. The molecular weight excluding hydrogens is 318 g/mol. The summed E-state index contributed by atoms with van der Waals surface area (Å²) in [5.41, 5.74) is 3.07. The van der Waals surface area contributed by atoms with Crippen LogP contribution in [0, 0.1) is 6.92 Å². The lowest BCUT2D eigenvalue weighted by atomic mass is 10.2. The first kappa shape index (κ1) is 16.8. The molecule has 1 aromatic heterocycles. The van der Waals surface area contributed by atoms with Gasteiger partial charge in [0, 0.05) is 19.8 Å². The molecule has 25 heavy (non-hydrogen) atoms.